The molecule has 1 unspecified atom stereocenters. The van der Waals surface area contributed by atoms with Crippen molar-refractivity contribution in [3.05, 3.63) is 34.3 Å². The highest BCUT2D eigenvalue weighted by molar-refractivity contribution is 6.31. The first-order valence-corrected chi connectivity index (χ1v) is 7.85. The predicted octanol–water partition coefficient (Wildman–Crippen LogP) is 4.09. The maximum atomic E-state index is 6.35. The Morgan fingerprint density at radius 2 is 2.05 bits per heavy atom. The molecule has 0 aromatic heterocycles. The Bertz CT molecular complexity index is 393. The van der Waals surface area contributed by atoms with Crippen molar-refractivity contribution < 1.29 is 4.74 Å². The highest BCUT2D eigenvalue weighted by Gasteiger charge is 2.13. The molecule has 0 amide bonds. The van der Waals surface area contributed by atoms with E-state index in [0.29, 0.717) is 11.8 Å². The van der Waals surface area contributed by atoms with Gasteiger partial charge in [-0.3, -0.25) is 0 Å². The van der Waals surface area contributed by atoms with Gasteiger partial charge in [-0.15, -0.1) is 0 Å². The number of halogens is 1. The number of hydrogen-bond donors (Lipinski definition) is 1. The molecule has 0 bridgehead atoms. The summed E-state index contributed by atoms with van der Waals surface area (Å²) in [7, 11) is 1.74. The molecule has 0 saturated heterocycles. The van der Waals surface area contributed by atoms with Crippen LogP contribution in [0.1, 0.15) is 31.4 Å². The SMILES string of the molecule is COCCNCC(Cc1ccc(C)cc1Cl)CC(C)C. The van der Waals surface area contributed by atoms with Crippen molar-refractivity contribution in [2.75, 3.05) is 26.8 Å². The zero-order valence-electron chi connectivity index (χ0n) is 13.2. The fraction of sp³-hybridized carbons (Fsp3) is 0.647. The second kappa shape index (κ2) is 9.38. The molecule has 3 heteroatoms. The monoisotopic (exact) mass is 297 g/mol. The zero-order chi connectivity index (χ0) is 15.0. The number of aryl methyl sites for hydroxylation is 1. The van der Waals surface area contributed by atoms with E-state index in [2.05, 4.69) is 44.3 Å². The Kier molecular flexibility index (Phi) is 8.20. The standard InChI is InChI=1S/C17H28ClNO/c1-13(2)9-15(12-19-7-8-20-4)11-16-6-5-14(3)10-17(16)18/h5-6,10,13,15,19H,7-9,11-12H2,1-4H3. The van der Waals surface area contributed by atoms with E-state index in [9.17, 15) is 0 Å². The summed E-state index contributed by atoms with van der Waals surface area (Å²) in [4.78, 5) is 0. The van der Waals surface area contributed by atoms with Gasteiger partial charge in [0, 0.05) is 18.7 Å². The summed E-state index contributed by atoms with van der Waals surface area (Å²) < 4.78 is 5.07. The van der Waals surface area contributed by atoms with Crippen LogP contribution in [0.4, 0.5) is 0 Å². The molecule has 2 nitrogen and oxygen atoms in total. The van der Waals surface area contributed by atoms with Gasteiger partial charge in [0.2, 0.25) is 0 Å². The molecule has 20 heavy (non-hydrogen) atoms. The molecule has 1 rings (SSSR count). The minimum absolute atomic E-state index is 0.618. The van der Waals surface area contributed by atoms with Crippen LogP contribution in [0, 0.1) is 18.8 Å². The van der Waals surface area contributed by atoms with Crippen molar-refractivity contribution in [2.45, 2.75) is 33.6 Å². The summed E-state index contributed by atoms with van der Waals surface area (Å²) in [5.41, 5.74) is 2.48. The first-order chi connectivity index (χ1) is 9.52. The third-order valence-electron chi connectivity index (χ3n) is 3.44. The van der Waals surface area contributed by atoms with Crippen LogP contribution in [0.5, 0.6) is 0 Å². The van der Waals surface area contributed by atoms with Crippen LogP contribution in [0.25, 0.3) is 0 Å². The van der Waals surface area contributed by atoms with Crippen LogP contribution in [-0.2, 0) is 11.2 Å². The van der Waals surface area contributed by atoms with E-state index in [-0.39, 0.29) is 0 Å². The van der Waals surface area contributed by atoms with E-state index in [1.54, 1.807) is 7.11 Å². The number of methoxy groups -OCH3 is 1. The quantitative estimate of drug-likeness (QED) is 0.693. The molecule has 1 aromatic carbocycles. The molecular weight excluding hydrogens is 270 g/mol. The third kappa shape index (κ3) is 6.74. The first kappa shape index (κ1) is 17.5. The van der Waals surface area contributed by atoms with Crippen LogP contribution in [0.3, 0.4) is 0 Å². The normalized spacial score (nSPS) is 12.9. The molecule has 1 N–H and O–H groups in total. The summed E-state index contributed by atoms with van der Waals surface area (Å²) in [6, 6.07) is 6.37. The Morgan fingerprint density at radius 3 is 2.65 bits per heavy atom. The van der Waals surface area contributed by atoms with Gasteiger partial charge < -0.3 is 10.1 Å². The molecule has 114 valence electrons. The molecule has 0 aliphatic carbocycles. The minimum atomic E-state index is 0.618. The Morgan fingerprint density at radius 1 is 1.30 bits per heavy atom. The van der Waals surface area contributed by atoms with Crippen LogP contribution < -0.4 is 5.32 Å². The molecule has 0 radical (unpaired) electrons. The summed E-state index contributed by atoms with van der Waals surface area (Å²) >= 11 is 6.35. The number of rotatable bonds is 9. The molecule has 0 aliphatic rings. The van der Waals surface area contributed by atoms with Gasteiger partial charge in [0.05, 0.1) is 6.61 Å². The van der Waals surface area contributed by atoms with Crippen molar-refractivity contribution in [1.82, 2.24) is 5.32 Å². The predicted molar refractivity (Wildman–Crippen MR) is 87.6 cm³/mol. The molecule has 0 fully saturated rings. The average molecular weight is 298 g/mol. The zero-order valence-corrected chi connectivity index (χ0v) is 14.0. The molecule has 0 aliphatic heterocycles. The van der Waals surface area contributed by atoms with Gasteiger partial charge >= 0.3 is 0 Å². The largest absolute Gasteiger partial charge is 0.383 e. The second-order valence-corrected chi connectivity index (χ2v) is 6.40. The number of hydrogen-bond acceptors (Lipinski definition) is 2. The number of benzene rings is 1. The van der Waals surface area contributed by atoms with Crippen molar-refractivity contribution in [3.63, 3.8) is 0 Å². The highest BCUT2D eigenvalue weighted by atomic mass is 35.5. The van der Waals surface area contributed by atoms with Gasteiger partial charge in [-0.05, 0) is 55.3 Å². The topological polar surface area (TPSA) is 21.3 Å². The molecule has 1 aromatic rings. The van der Waals surface area contributed by atoms with Gasteiger partial charge in [0.25, 0.3) is 0 Å². The lowest BCUT2D eigenvalue weighted by Gasteiger charge is -2.20. The third-order valence-corrected chi connectivity index (χ3v) is 3.79. The van der Waals surface area contributed by atoms with E-state index in [1.165, 1.54) is 17.5 Å². The van der Waals surface area contributed by atoms with E-state index < -0.39 is 0 Å². The Labute approximate surface area is 128 Å². The maximum Gasteiger partial charge on any atom is 0.0587 e. The minimum Gasteiger partial charge on any atom is -0.383 e. The van der Waals surface area contributed by atoms with E-state index in [0.717, 1.165) is 31.1 Å². The lowest BCUT2D eigenvalue weighted by molar-refractivity contribution is 0.197. The van der Waals surface area contributed by atoms with E-state index >= 15 is 0 Å². The van der Waals surface area contributed by atoms with Crippen molar-refractivity contribution in [3.8, 4) is 0 Å². The van der Waals surface area contributed by atoms with Crippen LogP contribution in [0.2, 0.25) is 5.02 Å². The highest BCUT2D eigenvalue weighted by Crippen LogP contribution is 2.23. The van der Waals surface area contributed by atoms with E-state index in [1.807, 2.05) is 0 Å². The van der Waals surface area contributed by atoms with Gasteiger partial charge in [0.15, 0.2) is 0 Å². The lowest BCUT2D eigenvalue weighted by Crippen LogP contribution is -2.28. The van der Waals surface area contributed by atoms with Crippen molar-refractivity contribution >= 4 is 11.6 Å². The molecule has 0 heterocycles. The number of ether oxygens (including phenoxy) is 1. The fourth-order valence-electron chi connectivity index (χ4n) is 2.51. The fourth-order valence-corrected chi connectivity index (χ4v) is 2.83. The summed E-state index contributed by atoms with van der Waals surface area (Å²) in [6.07, 6.45) is 2.25. The smallest absolute Gasteiger partial charge is 0.0587 e. The number of nitrogens with one attached hydrogen (secondary N) is 1. The van der Waals surface area contributed by atoms with E-state index in [4.69, 9.17) is 16.3 Å². The van der Waals surface area contributed by atoms with Crippen molar-refractivity contribution in [2.24, 2.45) is 11.8 Å². The van der Waals surface area contributed by atoms with Crippen LogP contribution in [0.15, 0.2) is 18.2 Å². The van der Waals surface area contributed by atoms with Crippen LogP contribution >= 0.6 is 11.6 Å². The maximum absolute atomic E-state index is 6.35. The molecule has 0 saturated carbocycles. The Hall–Kier alpha value is -0.570. The van der Waals surface area contributed by atoms with Gasteiger partial charge in [-0.1, -0.05) is 37.6 Å². The van der Waals surface area contributed by atoms with Crippen molar-refractivity contribution in [1.29, 1.82) is 0 Å². The Balaban J connectivity index is 2.58. The van der Waals surface area contributed by atoms with Gasteiger partial charge in [0.1, 0.15) is 0 Å². The van der Waals surface area contributed by atoms with Gasteiger partial charge in [-0.2, -0.15) is 0 Å². The van der Waals surface area contributed by atoms with Crippen LogP contribution in [-0.4, -0.2) is 26.8 Å². The molecule has 1 atom stereocenters. The first-order valence-electron chi connectivity index (χ1n) is 7.47. The summed E-state index contributed by atoms with van der Waals surface area (Å²) in [5, 5.41) is 4.37. The van der Waals surface area contributed by atoms with Gasteiger partial charge in [-0.25, -0.2) is 0 Å². The molecular formula is C17H28ClNO. The lowest BCUT2D eigenvalue weighted by atomic mass is 9.90. The summed E-state index contributed by atoms with van der Waals surface area (Å²) in [5.74, 6) is 1.32. The molecule has 0 spiro atoms. The second-order valence-electron chi connectivity index (χ2n) is 5.99. The average Bonchev–Trinajstić information content (AvgIpc) is 2.37. The summed E-state index contributed by atoms with van der Waals surface area (Å²) in [6.45, 7) is 9.32.